The Labute approximate surface area is 124 Å². The van der Waals surface area contributed by atoms with Crippen molar-refractivity contribution in [1.29, 1.82) is 0 Å². The molecule has 0 aromatic heterocycles. The summed E-state index contributed by atoms with van der Waals surface area (Å²) in [5.41, 5.74) is -1.32. The highest BCUT2D eigenvalue weighted by Crippen LogP contribution is 2.15. The summed E-state index contributed by atoms with van der Waals surface area (Å²) in [5, 5.41) is 0. The van der Waals surface area contributed by atoms with Crippen molar-refractivity contribution in [2.45, 2.75) is 91.6 Å². The van der Waals surface area contributed by atoms with E-state index in [4.69, 9.17) is 19.6 Å². The van der Waals surface area contributed by atoms with Gasteiger partial charge in [-0.2, -0.15) is 0 Å². The largest absolute Gasteiger partial charge is 0.232 e. The van der Waals surface area contributed by atoms with E-state index in [1.165, 1.54) is 0 Å². The first-order chi connectivity index (χ1) is 8.81. The summed E-state index contributed by atoms with van der Waals surface area (Å²) in [4.78, 5) is 21.1. The summed E-state index contributed by atoms with van der Waals surface area (Å²) in [5.74, 6) is 6.06. The normalized spacial score (nSPS) is 14.7. The van der Waals surface area contributed by atoms with Crippen LogP contribution in [0.5, 0.6) is 0 Å². The lowest BCUT2D eigenvalue weighted by molar-refractivity contribution is -0.384. The first kappa shape index (κ1) is 19.4. The van der Waals surface area contributed by atoms with Gasteiger partial charge in [-0.3, -0.25) is 0 Å². The highest BCUT2D eigenvalue weighted by Gasteiger charge is 2.21. The van der Waals surface area contributed by atoms with Crippen molar-refractivity contribution >= 4 is 0 Å². The fraction of sp³-hybridized carbons (Fsp3) is 0.875. The summed E-state index contributed by atoms with van der Waals surface area (Å²) in [6, 6.07) is 0. The molecule has 0 N–H and O–H groups in total. The van der Waals surface area contributed by atoms with Gasteiger partial charge < -0.3 is 0 Å². The van der Waals surface area contributed by atoms with E-state index in [0.29, 0.717) is 6.42 Å². The van der Waals surface area contributed by atoms with Crippen LogP contribution in [0.2, 0.25) is 0 Å². The molecule has 4 heteroatoms. The summed E-state index contributed by atoms with van der Waals surface area (Å²) in [7, 11) is 0. The lowest BCUT2D eigenvalue weighted by Crippen LogP contribution is -2.29. The van der Waals surface area contributed by atoms with Crippen molar-refractivity contribution in [3.63, 3.8) is 0 Å². The predicted octanol–water partition coefficient (Wildman–Crippen LogP) is 4.04. The highest BCUT2D eigenvalue weighted by atomic mass is 17.2. The Morgan fingerprint density at radius 2 is 1.30 bits per heavy atom. The first-order valence-electron chi connectivity index (χ1n) is 7.02. The van der Waals surface area contributed by atoms with E-state index in [2.05, 4.69) is 11.8 Å². The van der Waals surface area contributed by atoms with Crippen LogP contribution in [0.25, 0.3) is 0 Å². The van der Waals surface area contributed by atoms with Crippen molar-refractivity contribution in [2.24, 2.45) is 0 Å². The lowest BCUT2D eigenvalue weighted by Gasteiger charge is -2.24. The van der Waals surface area contributed by atoms with Gasteiger partial charge in [-0.15, -0.1) is 0 Å². The maximum Gasteiger partial charge on any atom is 0.158 e. The Balaban J connectivity index is 4.17. The molecule has 0 aliphatic carbocycles. The van der Waals surface area contributed by atoms with Gasteiger partial charge >= 0.3 is 0 Å². The van der Waals surface area contributed by atoms with Crippen molar-refractivity contribution in [3.05, 3.63) is 0 Å². The van der Waals surface area contributed by atoms with Crippen LogP contribution in [0.3, 0.4) is 0 Å². The van der Waals surface area contributed by atoms with Gasteiger partial charge in [0.15, 0.2) is 5.60 Å². The first-order valence-corrected chi connectivity index (χ1v) is 7.02. The molecule has 20 heavy (non-hydrogen) atoms. The average molecular weight is 286 g/mol. The molecular formula is C16H30O4. The highest BCUT2D eigenvalue weighted by molar-refractivity contribution is 5.11. The van der Waals surface area contributed by atoms with Gasteiger partial charge in [0, 0.05) is 6.42 Å². The zero-order valence-corrected chi connectivity index (χ0v) is 14.4. The van der Waals surface area contributed by atoms with Crippen molar-refractivity contribution < 1.29 is 19.6 Å². The quantitative estimate of drug-likeness (QED) is 0.434. The molecule has 0 heterocycles. The third kappa shape index (κ3) is 12.4. The fourth-order valence-corrected chi connectivity index (χ4v) is 0.918. The van der Waals surface area contributed by atoms with Gasteiger partial charge in [0.1, 0.15) is 6.10 Å². The minimum absolute atomic E-state index is 0.0962. The number of hydrogen-bond donors (Lipinski definition) is 0. The third-order valence-electron chi connectivity index (χ3n) is 1.74. The fourth-order valence-electron chi connectivity index (χ4n) is 0.918. The third-order valence-corrected chi connectivity index (χ3v) is 1.74. The Morgan fingerprint density at radius 3 is 1.75 bits per heavy atom. The molecule has 0 bridgehead atoms. The summed E-state index contributed by atoms with van der Waals surface area (Å²) in [6.07, 6.45) is 0.472. The molecular weight excluding hydrogens is 256 g/mol. The molecule has 0 spiro atoms. The molecule has 0 radical (unpaired) electrons. The lowest BCUT2D eigenvalue weighted by atomic mass is 10.1. The molecule has 0 aliphatic heterocycles. The van der Waals surface area contributed by atoms with Gasteiger partial charge in [0.05, 0.1) is 11.2 Å². The number of rotatable bonds is 5. The zero-order valence-electron chi connectivity index (χ0n) is 14.4. The molecule has 0 fully saturated rings. The van der Waals surface area contributed by atoms with E-state index >= 15 is 0 Å². The molecule has 118 valence electrons. The summed E-state index contributed by atoms with van der Waals surface area (Å²) in [6.45, 7) is 17.2. The van der Waals surface area contributed by atoms with Gasteiger partial charge in [-0.1, -0.05) is 11.8 Å². The second kappa shape index (κ2) is 7.42. The van der Waals surface area contributed by atoms with E-state index < -0.39 is 5.60 Å². The summed E-state index contributed by atoms with van der Waals surface area (Å²) < 4.78 is 0. The minimum Gasteiger partial charge on any atom is -0.232 e. The van der Waals surface area contributed by atoms with Crippen molar-refractivity contribution in [3.8, 4) is 11.8 Å². The van der Waals surface area contributed by atoms with Crippen molar-refractivity contribution in [2.75, 3.05) is 0 Å². The Morgan fingerprint density at radius 1 is 0.800 bits per heavy atom. The van der Waals surface area contributed by atoms with Crippen LogP contribution in [-0.4, -0.2) is 22.9 Å². The van der Waals surface area contributed by atoms with Crippen molar-refractivity contribution in [1.82, 2.24) is 0 Å². The van der Waals surface area contributed by atoms with E-state index in [1.807, 2.05) is 62.3 Å². The molecule has 1 atom stereocenters. The van der Waals surface area contributed by atoms with Gasteiger partial charge in [-0.25, -0.2) is 19.6 Å². The van der Waals surface area contributed by atoms with Crippen LogP contribution in [0.1, 0.15) is 68.7 Å². The Hall–Kier alpha value is -0.600. The monoisotopic (exact) mass is 286 g/mol. The Bertz CT molecular complexity index is 336. The average Bonchev–Trinajstić information content (AvgIpc) is 2.22. The molecule has 0 aromatic rings. The molecule has 4 nitrogen and oxygen atoms in total. The molecule has 0 aromatic carbocycles. The molecule has 0 amide bonds. The summed E-state index contributed by atoms with van der Waals surface area (Å²) >= 11 is 0. The van der Waals surface area contributed by atoms with Gasteiger partial charge in [0.2, 0.25) is 0 Å². The van der Waals surface area contributed by atoms with Crippen LogP contribution >= 0.6 is 0 Å². The maximum atomic E-state index is 5.34. The van der Waals surface area contributed by atoms with Gasteiger partial charge in [0.25, 0.3) is 0 Å². The number of hydrogen-bond acceptors (Lipinski definition) is 4. The van der Waals surface area contributed by atoms with E-state index in [-0.39, 0.29) is 17.3 Å². The smallest absolute Gasteiger partial charge is 0.158 e. The van der Waals surface area contributed by atoms with Crippen LogP contribution < -0.4 is 0 Å². The van der Waals surface area contributed by atoms with E-state index in [9.17, 15) is 0 Å². The van der Waals surface area contributed by atoms with Gasteiger partial charge in [-0.05, 0) is 62.3 Å². The van der Waals surface area contributed by atoms with Crippen LogP contribution in [0.15, 0.2) is 0 Å². The predicted molar refractivity (Wildman–Crippen MR) is 79.8 cm³/mol. The molecule has 0 saturated heterocycles. The standard InChI is InChI=1S/C16H30O4/c1-13(17-18-14(2,3)4)11-10-12-16(8,9)20-19-15(5,6)7/h13H,11H2,1-9H3. The Kier molecular flexibility index (Phi) is 7.20. The van der Waals surface area contributed by atoms with Crippen LogP contribution in [-0.2, 0) is 19.6 Å². The SMILES string of the molecule is CC(CC#CC(C)(C)OOC(C)(C)C)OOC(C)(C)C. The molecule has 1 unspecified atom stereocenters. The van der Waals surface area contributed by atoms with E-state index in [0.717, 1.165) is 0 Å². The van der Waals surface area contributed by atoms with Crippen LogP contribution in [0, 0.1) is 11.8 Å². The van der Waals surface area contributed by atoms with Crippen LogP contribution in [0.4, 0.5) is 0 Å². The second-order valence-electron chi connectivity index (χ2n) is 7.40. The molecule has 0 aliphatic rings. The topological polar surface area (TPSA) is 36.9 Å². The molecule has 0 saturated carbocycles. The zero-order chi connectivity index (χ0) is 16.0. The maximum absolute atomic E-state index is 5.34. The second-order valence-corrected chi connectivity index (χ2v) is 7.40. The molecule has 0 rings (SSSR count). The van der Waals surface area contributed by atoms with E-state index in [1.54, 1.807) is 0 Å². The minimum atomic E-state index is -0.655.